The summed E-state index contributed by atoms with van der Waals surface area (Å²) in [5.74, 6) is -0.137. The highest BCUT2D eigenvalue weighted by Crippen LogP contribution is 2.27. The summed E-state index contributed by atoms with van der Waals surface area (Å²) >= 11 is 0. The Labute approximate surface area is 208 Å². The van der Waals surface area contributed by atoms with Crippen LogP contribution in [0.5, 0.6) is 5.75 Å². The van der Waals surface area contributed by atoms with Gasteiger partial charge in [0.1, 0.15) is 18.0 Å². The third kappa shape index (κ3) is 4.40. The minimum absolute atomic E-state index is 0.174. The molecule has 2 heterocycles. The molecule has 2 N–H and O–H groups in total. The summed E-state index contributed by atoms with van der Waals surface area (Å²) < 4.78 is 8.94. The second-order valence-corrected chi connectivity index (χ2v) is 8.78. The molecule has 4 aromatic rings. The fourth-order valence-electron chi connectivity index (χ4n) is 4.38. The molecule has 8 heteroatoms. The van der Waals surface area contributed by atoms with Crippen LogP contribution in [0.4, 0.5) is 11.4 Å². The van der Waals surface area contributed by atoms with Gasteiger partial charge in [-0.05, 0) is 55.3 Å². The Bertz CT molecular complexity index is 1500. The van der Waals surface area contributed by atoms with Crippen molar-refractivity contribution in [2.45, 2.75) is 13.3 Å². The summed E-state index contributed by atoms with van der Waals surface area (Å²) in [6, 6.07) is 23.6. The van der Waals surface area contributed by atoms with Gasteiger partial charge >= 0.3 is 0 Å². The molecule has 0 saturated carbocycles. The minimum atomic E-state index is -0.438. The predicted octanol–water partition coefficient (Wildman–Crippen LogP) is 3.93. The van der Waals surface area contributed by atoms with E-state index in [1.54, 1.807) is 42.9 Å². The maximum absolute atomic E-state index is 13.1. The summed E-state index contributed by atoms with van der Waals surface area (Å²) in [7, 11) is 1.77. The molecule has 0 saturated heterocycles. The Morgan fingerprint density at radius 3 is 2.50 bits per heavy atom. The number of carbonyl (C=O) groups excluding carboxylic acids is 2. The van der Waals surface area contributed by atoms with E-state index in [0.717, 1.165) is 11.3 Å². The van der Waals surface area contributed by atoms with Crippen molar-refractivity contribution >= 4 is 23.2 Å². The van der Waals surface area contributed by atoms with Gasteiger partial charge in [0, 0.05) is 18.3 Å². The lowest BCUT2D eigenvalue weighted by Crippen LogP contribution is -2.32. The van der Waals surface area contributed by atoms with E-state index in [0.29, 0.717) is 35.7 Å². The average molecular weight is 483 g/mol. The molecule has 0 spiro atoms. The zero-order valence-electron chi connectivity index (χ0n) is 20.0. The van der Waals surface area contributed by atoms with E-state index in [2.05, 4.69) is 10.6 Å². The van der Waals surface area contributed by atoms with Gasteiger partial charge in [-0.1, -0.05) is 42.5 Å². The van der Waals surface area contributed by atoms with Crippen LogP contribution in [0.1, 0.15) is 21.6 Å². The normalized spacial score (nSPS) is 14.4. The van der Waals surface area contributed by atoms with Gasteiger partial charge < -0.3 is 15.4 Å². The van der Waals surface area contributed by atoms with Gasteiger partial charge in [0.05, 0.1) is 17.3 Å². The van der Waals surface area contributed by atoms with Gasteiger partial charge in [0.15, 0.2) is 0 Å². The SMILES string of the molecule is Cc1c(NC(=O)c2cccc(NC(=O)[C@@H]3COc4ccccc4C3)c2)c(=O)n(-c2ccccc2)n1C. The zero-order chi connectivity index (χ0) is 25.2. The molecule has 36 heavy (non-hydrogen) atoms. The first kappa shape index (κ1) is 23.2. The molecule has 8 nitrogen and oxygen atoms in total. The number of carbonyl (C=O) groups is 2. The van der Waals surface area contributed by atoms with Crippen molar-refractivity contribution in [1.29, 1.82) is 0 Å². The third-order valence-corrected chi connectivity index (χ3v) is 6.43. The van der Waals surface area contributed by atoms with Gasteiger partial charge in [0.2, 0.25) is 5.91 Å². The molecule has 0 unspecified atom stereocenters. The number of fused-ring (bicyclic) bond motifs is 1. The second kappa shape index (κ2) is 9.58. The Morgan fingerprint density at radius 1 is 0.944 bits per heavy atom. The number of nitrogens with zero attached hydrogens (tertiary/aromatic N) is 2. The lowest BCUT2D eigenvalue weighted by Gasteiger charge is -2.24. The highest BCUT2D eigenvalue weighted by Gasteiger charge is 2.26. The fourth-order valence-corrected chi connectivity index (χ4v) is 4.38. The molecule has 0 fully saturated rings. The van der Waals surface area contributed by atoms with Crippen LogP contribution in [0.2, 0.25) is 0 Å². The van der Waals surface area contributed by atoms with Gasteiger partial charge in [0.25, 0.3) is 11.5 Å². The predicted molar refractivity (Wildman–Crippen MR) is 138 cm³/mol. The molecule has 1 aromatic heterocycles. The van der Waals surface area contributed by atoms with Crippen molar-refractivity contribution in [3.8, 4) is 11.4 Å². The Morgan fingerprint density at radius 2 is 1.69 bits per heavy atom. The summed E-state index contributed by atoms with van der Waals surface area (Å²) in [5, 5.41) is 5.65. The molecule has 3 aromatic carbocycles. The summed E-state index contributed by atoms with van der Waals surface area (Å²) in [4.78, 5) is 39.0. The van der Waals surface area contributed by atoms with Crippen molar-refractivity contribution in [2.24, 2.45) is 13.0 Å². The number of hydrogen-bond donors (Lipinski definition) is 2. The van der Waals surface area contributed by atoms with Crippen molar-refractivity contribution in [3.63, 3.8) is 0 Å². The van der Waals surface area contributed by atoms with Crippen LogP contribution in [0.3, 0.4) is 0 Å². The fraction of sp³-hybridized carbons (Fsp3) is 0.179. The van der Waals surface area contributed by atoms with Crippen molar-refractivity contribution in [1.82, 2.24) is 9.36 Å². The van der Waals surface area contributed by atoms with Crippen LogP contribution in [-0.2, 0) is 18.3 Å². The molecule has 182 valence electrons. The monoisotopic (exact) mass is 482 g/mol. The van der Waals surface area contributed by atoms with E-state index in [1.165, 1.54) is 4.68 Å². The van der Waals surface area contributed by atoms with Crippen LogP contribution in [-0.4, -0.2) is 27.8 Å². The maximum atomic E-state index is 13.1. The van der Waals surface area contributed by atoms with Crippen molar-refractivity contribution in [3.05, 3.63) is 106 Å². The molecule has 0 radical (unpaired) electrons. The summed E-state index contributed by atoms with van der Waals surface area (Å²) in [5.41, 5.74) is 3.03. The highest BCUT2D eigenvalue weighted by molar-refractivity contribution is 6.05. The van der Waals surface area contributed by atoms with Gasteiger partial charge in [-0.2, -0.15) is 0 Å². The van der Waals surface area contributed by atoms with E-state index >= 15 is 0 Å². The van der Waals surface area contributed by atoms with E-state index in [1.807, 2.05) is 54.6 Å². The smallest absolute Gasteiger partial charge is 0.295 e. The van der Waals surface area contributed by atoms with E-state index < -0.39 is 5.91 Å². The number of para-hydroxylation sites is 2. The number of nitrogens with one attached hydrogen (secondary N) is 2. The molecule has 0 bridgehead atoms. The molecular weight excluding hydrogens is 456 g/mol. The molecule has 2 amide bonds. The van der Waals surface area contributed by atoms with Crippen molar-refractivity contribution < 1.29 is 14.3 Å². The topological polar surface area (TPSA) is 94.4 Å². The van der Waals surface area contributed by atoms with Gasteiger partial charge in [-0.3, -0.25) is 19.1 Å². The van der Waals surface area contributed by atoms with E-state index in [-0.39, 0.29) is 23.1 Å². The standard InChI is InChI=1S/C28H26N4O4/c1-18-25(28(35)32(31(18)2)23-12-4-3-5-13-23)30-26(33)20-10-8-11-22(16-20)29-27(34)21-15-19-9-6-7-14-24(19)36-17-21/h3-14,16,21H,15,17H2,1-2H3,(H,29,34)(H,30,33)/t21-/m0/s1. The number of anilines is 2. The van der Waals surface area contributed by atoms with Crippen LogP contribution < -0.4 is 20.9 Å². The Hall–Kier alpha value is -4.59. The quantitative estimate of drug-likeness (QED) is 0.451. The number of amides is 2. The zero-order valence-corrected chi connectivity index (χ0v) is 20.0. The first-order valence-corrected chi connectivity index (χ1v) is 11.7. The lowest BCUT2D eigenvalue weighted by molar-refractivity contribution is -0.121. The van der Waals surface area contributed by atoms with Crippen molar-refractivity contribution in [2.75, 3.05) is 17.2 Å². The average Bonchev–Trinajstić information content (AvgIpc) is 3.11. The first-order valence-electron chi connectivity index (χ1n) is 11.7. The molecule has 1 atom stereocenters. The Balaban J connectivity index is 1.31. The maximum Gasteiger partial charge on any atom is 0.295 e. The summed E-state index contributed by atoms with van der Waals surface area (Å²) in [6.45, 7) is 2.07. The van der Waals surface area contributed by atoms with E-state index in [4.69, 9.17) is 4.74 Å². The highest BCUT2D eigenvalue weighted by atomic mass is 16.5. The molecule has 1 aliphatic heterocycles. The number of rotatable bonds is 5. The molecular formula is C28H26N4O4. The second-order valence-electron chi connectivity index (χ2n) is 8.78. The van der Waals surface area contributed by atoms with Gasteiger partial charge in [-0.15, -0.1) is 0 Å². The Kier molecular flexibility index (Phi) is 6.16. The lowest BCUT2D eigenvalue weighted by atomic mass is 9.96. The van der Waals surface area contributed by atoms with Crippen LogP contribution in [0.15, 0.2) is 83.7 Å². The van der Waals surface area contributed by atoms with Crippen LogP contribution >= 0.6 is 0 Å². The first-order chi connectivity index (χ1) is 17.4. The molecule has 0 aliphatic carbocycles. The number of aromatic nitrogens is 2. The summed E-state index contributed by atoms with van der Waals surface area (Å²) in [6.07, 6.45) is 0.586. The molecule has 1 aliphatic rings. The minimum Gasteiger partial charge on any atom is -0.492 e. The van der Waals surface area contributed by atoms with Crippen LogP contribution in [0, 0.1) is 12.8 Å². The number of hydrogen-bond acceptors (Lipinski definition) is 4. The largest absolute Gasteiger partial charge is 0.492 e. The van der Waals surface area contributed by atoms with Gasteiger partial charge in [-0.25, -0.2) is 4.68 Å². The van der Waals surface area contributed by atoms with E-state index in [9.17, 15) is 14.4 Å². The number of benzene rings is 3. The van der Waals surface area contributed by atoms with Crippen LogP contribution in [0.25, 0.3) is 5.69 Å². The molecule has 5 rings (SSSR count). The number of ether oxygens (including phenoxy) is 1. The third-order valence-electron chi connectivity index (χ3n) is 6.43.